The number of aliphatic hydroxyl groups excluding tert-OH is 1. The molecule has 2 aromatic carbocycles. The van der Waals surface area contributed by atoms with Gasteiger partial charge < -0.3 is 15.1 Å². The predicted octanol–water partition coefficient (Wildman–Crippen LogP) is 3.80. The Labute approximate surface area is 187 Å². The topological polar surface area (TPSA) is 138 Å². The minimum Gasteiger partial charge on any atom is -0.507 e. The highest BCUT2D eigenvalue weighted by Gasteiger charge is 2.46. The van der Waals surface area contributed by atoms with Crippen molar-refractivity contribution >= 4 is 29.1 Å². The Kier molecular flexibility index (Phi) is 7.17. The molecule has 0 unspecified atom stereocenters. The molecular formula is C23H21FN2O7. The summed E-state index contributed by atoms with van der Waals surface area (Å²) in [6.45, 7) is 0.0811. The number of nitro benzene ring substituents is 1. The number of aliphatic carboxylic acids is 1. The number of nitro groups is 1. The van der Waals surface area contributed by atoms with Gasteiger partial charge in [0.2, 0.25) is 0 Å². The summed E-state index contributed by atoms with van der Waals surface area (Å²) in [6.07, 6.45) is 1.23. The van der Waals surface area contributed by atoms with Gasteiger partial charge in [0.25, 0.3) is 17.4 Å². The van der Waals surface area contributed by atoms with Crippen LogP contribution < -0.4 is 0 Å². The third kappa shape index (κ3) is 5.22. The van der Waals surface area contributed by atoms with Crippen LogP contribution in [0.15, 0.2) is 54.1 Å². The molecular weight excluding hydrogens is 435 g/mol. The van der Waals surface area contributed by atoms with E-state index in [4.69, 9.17) is 5.11 Å². The zero-order valence-electron chi connectivity index (χ0n) is 17.4. The Morgan fingerprint density at radius 3 is 2.39 bits per heavy atom. The van der Waals surface area contributed by atoms with Gasteiger partial charge in [-0.1, -0.05) is 18.6 Å². The van der Waals surface area contributed by atoms with Crippen molar-refractivity contribution in [2.24, 2.45) is 0 Å². The highest BCUT2D eigenvalue weighted by Crippen LogP contribution is 2.40. The van der Waals surface area contributed by atoms with Crippen molar-refractivity contribution < 1.29 is 33.9 Å². The first-order chi connectivity index (χ1) is 15.7. The number of amides is 1. The number of hydrogen-bond donors (Lipinski definition) is 2. The zero-order valence-corrected chi connectivity index (χ0v) is 17.4. The van der Waals surface area contributed by atoms with Crippen molar-refractivity contribution in [3.63, 3.8) is 0 Å². The molecule has 10 heteroatoms. The summed E-state index contributed by atoms with van der Waals surface area (Å²) in [7, 11) is 0. The SMILES string of the molecule is O=C(O)CCCCCN1C(=O)C(=O)C(=C(O)c2ccc(F)cc2)[C@@H]1c1cccc([N+](=O)[O-])c1. The van der Waals surface area contributed by atoms with Gasteiger partial charge in [0.05, 0.1) is 16.5 Å². The maximum absolute atomic E-state index is 13.3. The van der Waals surface area contributed by atoms with Gasteiger partial charge in [-0.2, -0.15) is 0 Å². The summed E-state index contributed by atoms with van der Waals surface area (Å²) >= 11 is 0. The first-order valence-electron chi connectivity index (χ1n) is 10.2. The molecule has 172 valence electrons. The van der Waals surface area contributed by atoms with Crippen molar-refractivity contribution in [2.75, 3.05) is 6.54 Å². The molecule has 1 amide bonds. The number of carboxylic acid groups (broad SMARTS) is 1. The van der Waals surface area contributed by atoms with Gasteiger partial charge in [-0.3, -0.25) is 24.5 Å². The van der Waals surface area contributed by atoms with E-state index in [0.717, 1.165) is 12.1 Å². The maximum Gasteiger partial charge on any atom is 0.303 e. The monoisotopic (exact) mass is 456 g/mol. The molecule has 0 aliphatic carbocycles. The van der Waals surface area contributed by atoms with Crippen LogP contribution in [0.4, 0.5) is 10.1 Å². The van der Waals surface area contributed by atoms with Crippen LogP contribution in [0.1, 0.15) is 42.9 Å². The van der Waals surface area contributed by atoms with E-state index in [0.29, 0.717) is 19.3 Å². The summed E-state index contributed by atoms with van der Waals surface area (Å²) < 4.78 is 13.3. The van der Waals surface area contributed by atoms with Gasteiger partial charge in [-0.15, -0.1) is 0 Å². The fourth-order valence-corrected chi connectivity index (χ4v) is 3.76. The molecule has 9 nitrogen and oxygen atoms in total. The third-order valence-electron chi connectivity index (χ3n) is 5.34. The Morgan fingerprint density at radius 1 is 1.06 bits per heavy atom. The Bertz CT molecular complexity index is 1130. The summed E-state index contributed by atoms with van der Waals surface area (Å²) in [5.41, 5.74) is -0.122. The number of unbranched alkanes of at least 4 members (excludes halogenated alkanes) is 2. The maximum atomic E-state index is 13.3. The van der Waals surface area contributed by atoms with Gasteiger partial charge in [0, 0.05) is 30.7 Å². The van der Waals surface area contributed by atoms with Gasteiger partial charge >= 0.3 is 5.97 Å². The average Bonchev–Trinajstić information content (AvgIpc) is 3.03. The Balaban J connectivity index is 2.02. The second-order valence-electron chi connectivity index (χ2n) is 7.56. The van der Waals surface area contributed by atoms with Gasteiger partial charge in [-0.05, 0) is 42.7 Å². The number of carboxylic acids is 1. The Morgan fingerprint density at radius 2 is 1.76 bits per heavy atom. The molecule has 1 atom stereocenters. The molecule has 3 rings (SSSR count). The van der Waals surface area contributed by atoms with Crippen LogP contribution in [0.25, 0.3) is 5.76 Å². The largest absolute Gasteiger partial charge is 0.507 e. The van der Waals surface area contributed by atoms with Crippen LogP contribution in [0.2, 0.25) is 0 Å². The lowest BCUT2D eigenvalue weighted by Crippen LogP contribution is -2.30. The normalized spacial score (nSPS) is 17.4. The lowest BCUT2D eigenvalue weighted by Gasteiger charge is -2.25. The number of ketones is 1. The van der Waals surface area contributed by atoms with Crippen LogP contribution >= 0.6 is 0 Å². The van der Waals surface area contributed by atoms with Gasteiger partial charge in [0.1, 0.15) is 11.6 Å². The van der Waals surface area contributed by atoms with Crippen molar-refractivity contribution in [3.05, 3.63) is 81.2 Å². The van der Waals surface area contributed by atoms with Crippen LogP contribution in [-0.2, 0) is 14.4 Å². The molecule has 0 spiro atoms. The first kappa shape index (κ1) is 23.6. The molecule has 0 aromatic heterocycles. The number of halogens is 1. The first-order valence-corrected chi connectivity index (χ1v) is 10.2. The van der Waals surface area contributed by atoms with E-state index in [1.54, 1.807) is 0 Å². The number of Topliss-reactive ketones (excluding diaryl/α,β-unsaturated/α-hetero) is 1. The quantitative estimate of drug-likeness (QED) is 0.146. The van der Waals surface area contributed by atoms with E-state index < -0.39 is 40.2 Å². The molecule has 1 heterocycles. The fourth-order valence-electron chi connectivity index (χ4n) is 3.76. The van der Waals surface area contributed by atoms with Crippen molar-refractivity contribution in [1.29, 1.82) is 0 Å². The minimum absolute atomic E-state index is 0.0301. The molecule has 1 aliphatic heterocycles. The number of rotatable bonds is 9. The molecule has 0 bridgehead atoms. The standard InChI is InChI=1S/C23H21FN2O7/c24-16-10-8-14(9-11-16)21(29)19-20(15-5-4-6-17(13-15)26(32)33)25(23(31)22(19)30)12-3-1-2-7-18(27)28/h4-6,8-11,13,20,29H,1-3,7,12H2,(H,27,28)/t20-/m0/s1. The molecule has 2 aromatic rings. The number of carbonyl (C=O) groups is 3. The van der Waals surface area contributed by atoms with E-state index in [-0.39, 0.29) is 35.4 Å². The zero-order chi connectivity index (χ0) is 24.1. The molecule has 1 aliphatic rings. The van der Waals surface area contributed by atoms with Crippen molar-refractivity contribution in [2.45, 2.75) is 31.7 Å². The van der Waals surface area contributed by atoms with Crippen LogP contribution in [-0.4, -0.2) is 44.2 Å². The van der Waals surface area contributed by atoms with Crippen LogP contribution in [0, 0.1) is 15.9 Å². The number of non-ortho nitro benzene ring substituents is 1. The van der Waals surface area contributed by atoms with E-state index in [1.165, 1.54) is 41.3 Å². The van der Waals surface area contributed by atoms with Gasteiger partial charge in [0.15, 0.2) is 0 Å². The number of carbonyl (C=O) groups excluding carboxylic acids is 2. The lowest BCUT2D eigenvalue weighted by atomic mass is 9.95. The van der Waals surface area contributed by atoms with Gasteiger partial charge in [-0.25, -0.2) is 4.39 Å². The average molecular weight is 456 g/mol. The summed E-state index contributed by atoms with van der Waals surface area (Å²) in [4.78, 5) is 48.3. The highest BCUT2D eigenvalue weighted by atomic mass is 19.1. The molecule has 1 fully saturated rings. The van der Waals surface area contributed by atoms with E-state index in [1.807, 2.05) is 0 Å². The smallest absolute Gasteiger partial charge is 0.303 e. The molecule has 2 N–H and O–H groups in total. The number of aliphatic hydroxyl groups is 1. The molecule has 0 radical (unpaired) electrons. The van der Waals surface area contributed by atoms with E-state index >= 15 is 0 Å². The van der Waals surface area contributed by atoms with Crippen LogP contribution in [0.3, 0.4) is 0 Å². The predicted molar refractivity (Wildman–Crippen MR) is 115 cm³/mol. The molecule has 1 saturated heterocycles. The number of hydrogen-bond acceptors (Lipinski definition) is 6. The number of likely N-dealkylation sites (tertiary alicyclic amines) is 1. The summed E-state index contributed by atoms with van der Waals surface area (Å²) in [6, 6.07) is 9.04. The third-order valence-corrected chi connectivity index (χ3v) is 5.34. The second kappa shape index (κ2) is 10.0. The van der Waals surface area contributed by atoms with Crippen molar-refractivity contribution in [3.8, 4) is 0 Å². The fraction of sp³-hybridized carbons (Fsp3) is 0.261. The highest BCUT2D eigenvalue weighted by molar-refractivity contribution is 6.46. The number of nitrogens with zero attached hydrogens (tertiary/aromatic N) is 2. The molecule has 0 saturated carbocycles. The Hall–Kier alpha value is -4.08. The lowest BCUT2D eigenvalue weighted by molar-refractivity contribution is -0.384. The minimum atomic E-state index is -1.09. The van der Waals surface area contributed by atoms with Crippen LogP contribution in [0.5, 0.6) is 0 Å². The second-order valence-corrected chi connectivity index (χ2v) is 7.56. The number of benzene rings is 2. The van der Waals surface area contributed by atoms with E-state index in [2.05, 4.69) is 0 Å². The summed E-state index contributed by atoms with van der Waals surface area (Å²) in [5.74, 6) is -3.85. The van der Waals surface area contributed by atoms with E-state index in [9.17, 15) is 34.0 Å². The molecule has 33 heavy (non-hydrogen) atoms. The van der Waals surface area contributed by atoms with Crippen molar-refractivity contribution in [1.82, 2.24) is 4.90 Å². The summed E-state index contributed by atoms with van der Waals surface area (Å²) in [5, 5.41) is 30.9.